The third-order valence-corrected chi connectivity index (χ3v) is 6.22. The average molecular weight is 364 g/mol. The van der Waals surface area contributed by atoms with Crippen molar-refractivity contribution in [2.75, 3.05) is 25.0 Å². The minimum absolute atomic E-state index is 0.963. The van der Waals surface area contributed by atoms with E-state index >= 15 is 0 Å². The minimum atomic E-state index is 0.963. The molecule has 3 nitrogen and oxygen atoms in total. The molecule has 0 amide bonds. The molecular weight excluding hydrogens is 330 g/mol. The van der Waals surface area contributed by atoms with Crippen LogP contribution in [-0.2, 0) is 19.3 Å². The maximum absolute atomic E-state index is 5.00. The number of pyridine rings is 1. The van der Waals surface area contributed by atoms with Gasteiger partial charge in [0, 0.05) is 11.1 Å². The molecule has 4 rings (SSSR count). The van der Waals surface area contributed by atoms with Crippen LogP contribution < -0.4 is 5.32 Å². The summed E-state index contributed by atoms with van der Waals surface area (Å²) in [4.78, 5) is 7.62. The van der Waals surface area contributed by atoms with Crippen LogP contribution in [0, 0.1) is 6.92 Å². The Labute approximate surface area is 163 Å². The predicted octanol–water partition coefficient (Wildman–Crippen LogP) is 5.40. The van der Waals surface area contributed by atoms with Crippen molar-refractivity contribution in [3.05, 3.63) is 46.7 Å². The smallest absolute Gasteiger partial charge is 0.134 e. The van der Waals surface area contributed by atoms with Gasteiger partial charge in [0.1, 0.15) is 5.82 Å². The van der Waals surface area contributed by atoms with Crippen molar-refractivity contribution in [3.8, 4) is 0 Å². The number of allylic oxidation sites excluding steroid dienone is 1. The number of nitrogens with zero attached hydrogens (tertiary/aromatic N) is 2. The number of anilines is 1. The summed E-state index contributed by atoms with van der Waals surface area (Å²) in [5.41, 5.74) is 7.93. The predicted molar refractivity (Wildman–Crippen MR) is 116 cm³/mol. The SMILES string of the molecule is C=C(C)Nc1nc2cc(CCCCN3CCCC3)c(C)cc2c2c1CCC2. The first kappa shape index (κ1) is 18.5. The number of nitrogens with one attached hydrogen (secondary N) is 1. The number of benzene rings is 1. The Hall–Kier alpha value is -1.87. The van der Waals surface area contributed by atoms with Crippen LogP contribution in [0.3, 0.4) is 0 Å². The van der Waals surface area contributed by atoms with Crippen LogP contribution in [0.1, 0.15) is 61.3 Å². The summed E-state index contributed by atoms with van der Waals surface area (Å²) in [6, 6.07) is 4.75. The maximum atomic E-state index is 5.00. The first-order chi connectivity index (χ1) is 13.1. The van der Waals surface area contributed by atoms with Gasteiger partial charge in [0.25, 0.3) is 0 Å². The Morgan fingerprint density at radius 1 is 1.11 bits per heavy atom. The quantitative estimate of drug-likeness (QED) is 0.668. The standard InChI is InChI=1S/C24H33N3/c1-17(2)25-24-21-11-8-10-20(21)22-15-18(3)19(16-23(22)26-24)9-4-5-12-27-13-6-7-14-27/h15-16H,1,4-14H2,2-3H3,(H,25,26). The molecule has 1 N–H and O–H groups in total. The lowest BCUT2D eigenvalue weighted by Gasteiger charge is -2.16. The Morgan fingerprint density at radius 3 is 2.67 bits per heavy atom. The Bertz CT molecular complexity index is 847. The van der Waals surface area contributed by atoms with E-state index in [2.05, 4.69) is 35.9 Å². The lowest BCUT2D eigenvalue weighted by atomic mass is 9.96. The highest BCUT2D eigenvalue weighted by Gasteiger charge is 2.20. The van der Waals surface area contributed by atoms with Gasteiger partial charge in [0.15, 0.2) is 0 Å². The van der Waals surface area contributed by atoms with E-state index in [0.29, 0.717) is 0 Å². The zero-order valence-corrected chi connectivity index (χ0v) is 17.0. The molecular formula is C24H33N3. The second-order valence-corrected chi connectivity index (χ2v) is 8.48. The van der Waals surface area contributed by atoms with Crippen LogP contribution in [-0.4, -0.2) is 29.5 Å². The van der Waals surface area contributed by atoms with Crippen molar-refractivity contribution in [1.82, 2.24) is 9.88 Å². The summed E-state index contributed by atoms with van der Waals surface area (Å²) in [7, 11) is 0. The van der Waals surface area contributed by atoms with Crippen molar-refractivity contribution in [2.45, 2.75) is 65.2 Å². The zero-order valence-electron chi connectivity index (χ0n) is 17.0. The van der Waals surface area contributed by atoms with E-state index in [1.807, 2.05) is 6.92 Å². The molecule has 1 fully saturated rings. The molecule has 1 aromatic carbocycles. The molecule has 1 aliphatic carbocycles. The monoisotopic (exact) mass is 363 g/mol. The van der Waals surface area contributed by atoms with Gasteiger partial charge in [0.05, 0.1) is 5.52 Å². The summed E-state index contributed by atoms with van der Waals surface area (Å²) in [5, 5.41) is 4.77. The van der Waals surface area contributed by atoms with Gasteiger partial charge in [-0.3, -0.25) is 0 Å². The van der Waals surface area contributed by atoms with E-state index in [4.69, 9.17) is 4.98 Å². The molecule has 0 atom stereocenters. The number of rotatable bonds is 7. The lowest BCUT2D eigenvalue weighted by Crippen LogP contribution is -2.20. The first-order valence-electron chi connectivity index (χ1n) is 10.7. The van der Waals surface area contributed by atoms with Gasteiger partial charge in [-0.15, -0.1) is 0 Å². The summed E-state index contributed by atoms with van der Waals surface area (Å²) >= 11 is 0. The van der Waals surface area contributed by atoms with Gasteiger partial charge in [0.2, 0.25) is 0 Å². The van der Waals surface area contributed by atoms with Crippen molar-refractivity contribution in [3.63, 3.8) is 0 Å². The fourth-order valence-electron chi connectivity index (χ4n) is 4.80. The summed E-state index contributed by atoms with van der Waals surface area (Å²) in [6.45, 7) is 12.2. The summed E-state index contributed by atoms with van der Waals surface area (Å²) in [5.74, 6) is 1.03. The lowest BCUT2D eigenvalue weighted by molar-refractivity contribution is 0.330. The number of hydrogen-bond acceptors (Lipinski definition) is 3. The number of unbranched alkanes of at least 4 members (excludes halogenated alkanes) is 1. The third kappa shape index (κ3) is 4.03. The molecule has 1 aromatic heterocycles. The van der Waals surface area contributed by atoms with Crippen molar-refractivity contribution < 1.29 is 0 Å². The van der Waals surface area contributed by atoms with Crippen LogP contribution in [0.25, 0.3) is 10.9 Å². The highest BCUT2D eigenvalue weighted by Crippen LogP contribution is 2.35. The first-order valence-corrected chi connectivity index (χ1v) is 10.7. The van der Waals surface area contributed by atoms with Crippen LogP contribution in [0.5, 0.6) is 0 Å². The molecule has 0 unspecified atom stereocenters. The van der Waals surface area contributed by atoms with Gasteiger partial charge in [-0.25, -0.2) is 4.98 Å². The normalized spacial score (nSPS) is 16.8. The number of hydrogen-bond donors (Lipinski definition) is 1. The highest BCUT2D eigenvalue weighted by molar-refractivity contribution is 5.88. The van der Waals surface area contributed by atoms with Crippen LogP contribution in [0.2, 0.25) is 0 Å². The highest BCUT2D eigenvalue weighted by atomic mass is 15.1. The zero-order chi connectivity index (χ0) is 18.8. The molecule has 3 heteroatoms. The van der Waals surface area contributed by atoms with E-state index < -0.39 is 0 Å². The number of fused-ring (bicyclic) bond motifs is 3. The molecule has 2 aromatic rings. The second-order valence-electron chi connectivity index (χ2n) is 8.48. The Kier molecular flexibility index (Phi) is 5.49. The fraction of sp³-hybridized carbons (Fsp3) is 0.542. The van der Waals surface area contributed by atoms with Crippen LogP contribution in [0.15, 0.2) is 24.4 Å². The summed E-state index contributed by atoms with van der Waals surface area (Å²) in [6.07, 6.45) is 10.1. The summed E-state index contributed by atoms with van der Waals surface area (Å²) < 4.78 is 0. The molecule has 1 saturated heterocycles. The van der Waals surface area contributed by atoms with Crippen LogP contribution >= 0.6 is 0 Å². The molecule has 2 heterocycles. The van der Waals surface area contributed by atoms with Crippen molar-refractivity contribution in [1.29, 1.82) is 0 Å². The molecule has 0 bridgehead atoms. The maximum Gasteiger partial charge on any atom is 0.134 e. The molecule has 144 valence electrons. The van der Waals surface area contributed by atoms with Gasteiger partial charge < -0.3 is 10.2 Å². The number of aryl methyl sites for hydroxylation is 3. The largest absolute Gasteiger partial charge is 0.344 e. The average Bonchev–Trinajstić information content (AvgIpc) is 3.31. The molecule has 2 aliphatic rings. The number of likely N-dealkylation sites (tertiary alicyclic amines) is 1. The van der Waals surface area contributed by atoms with Gasteiger partial charge in [-0.2, -0.15) is 0 Å². The van der Waals surface area contributed by atoms with E-state index in [1.165, 1.54) is 85.8 Å². The van der Waals surface area contributed by atoms with Gasteiger partial charge >= 0.3 is 0 Å². The van der Waals surface area contributed by atoms with E-state index in [9.17, 15) is 0 Å². The van der Waals surface area contributed by atoms with E-state index in [1.54, 1.807) is 0 Å². The Balaban J connectivity index is 1.54. The van der Waals surface area contributed by atoms with Gasteiger partial charge in [-0.05, 0) is 119 Å². The van der Waals surface area contributed by atoms with E-state index in [-0.39, 0.29) is 0 Å². The fourth-order valence-corrected chi connectivity index (χ4v) is 4.80. The molecule has 27 heavy (non-hydrogen) atoms. The van der Waals surface area contributed by atoms with E-state index in [0.717, 1.165) is 29.9 Å². The van der Waals surface area contributed by atoms with Crippen LogP contribution in [0.4, 0.5) is 5.82 Å². The second kappa shape index (κ2) is 8.02. The molecule has 0 radical (unpaired) electrons. The molecule has 0 spiro atoms. The minimum Gasteiger partial charge on any atom is -0.344 e. The van der Waals surface area contributed by atoms with Gasteiger partial charge in [-0.1, -0.05) is 6.58 Å². The molecule has 1 aliphatic heterocycles. The Morgan fingerprint density at radius 2 is 1.89 bits per heavy atom. The van der Waals surface area contributed by atoms with Crippen molar-refractivity contribution in [2.24, 2.45) is 0 Å². The topological polar surface area (TPSA) is 28.2 Å². The molecule has 0 saturated carbocycles. The van der Waals surface area contributed by atoms with Crippen molar-refractivity contribution >= 4 is 16.7 Å². The third-order valence-electron chi connectivity index (χ3n) is 6.22. The number of aromatic nitrogens is 1.